The number of halogens is 3. The van der Waals surface area contributed by atoms with E-state index in [9.17, 15) is 0 Å². The van der Waals surface area contributed by atoms with Crippen LogP contribution in [0.25, 0.3) is 0 Å². The average Bonchev–Trinajstić information content (AvgIpc) is 3.08. The Morgan fingerprint density at radius 3 is 2.42 bits per heavy atom. The molecule has 8 heteroatoms. The first-order valence-corrected chi connectivity index (χ1v) is 8.98. The zero-order valence-corrected chi connectivity index (χ0v) is 15.4. The Balaban J connectivity index is 1.78. The fourth-order valence-electron chi connectivity index (χ4n) is 2.01. The van der Waals surface area contributed by atoms with Gasteiger partial charge in [0.05, 0.1) is 10.0 Å². The van der Waals surface area contributed by atoms with Gasteiger partial charge in [0.15, 0.2) is 5.75 Å². The van der Waals surface area contributed by atoms with E-state index in [1.54, 1.807) is 34.9 Å². The highest BCUT2D eigenvalue weighted by molar-refractivity contribution is 7.99. The summed E-state index contributed by atoms with van der Waals surface area (Å²) in [6.45, 7) is 0.310. The lowest BCUT2D eigenvalue weighted by molar-refractivity contribution is 0.286. The lowest BCUT2D eigenvalue weighted by Crippen LogP contribution is -2.15. The molecule has 0 spiro atoms. The Hall–Kier alpha value is -1.40. The van der Waals surface area contributed by atoms with Crippen LogP contribution in [0.4, 0.5) is 0 Å². The molecule has 124 valence electrons. The Bertz CT molecular complexity index is 777. The highest BCUT2D eigenvalue weighted by atomic mass is 35.5. The molecule has 1 aromatic heterocycles. The summed E-state index contributed by atoms with van der Waals surface area (Å²) in [6.07, 6.45) is 3.13. The Morgan fingerprint density at radius 1 is 1.08 bits per heavy atom. The molecular formula is C16H12Cl3N3OS. The van der Waals surface area contributed by atoms with E-state index in [0.29, 0.717) is 27.4 Å². The zero-order valence-electron chi connectivity index (χ0n) is 12.3. The first kappa shape index (κ1) is 17.4. The molecule has 0 amide bonds. The normalized spacial score (nSPS) is 12.1. The number of hydrogen-bond donors (Lipinski definition) is 0. The maximum absolute atomic E-state index is 6.17. The van der Waals surface area contributed by atoms with Gasteiger partial charge in [-0.3, -0.25) is 0 Å². The fraction of sp³-hybridized carbons (Fsp3) is 0.125. The molecule has 0 saturated heterocycles. The maximum Gasteiger partial charge on any atom is 0.156 e. The van der Waals surface area contributed by atoms with Crippen LogP contribution in [0, 0.1) is 0 Å². The summed E-state index contributed by atoms with van der Waals surface area (Å²) in [7, 11) is 0. The van der Waals surface area contributed by atoms with E-state index in [-0.39, 0.29) is 5.37 Å². The number of benzene rings is 2. The van der Waals surface area contributed by atoms with Gasteiger partial charge in [-0.05, 0) is 24.3 Å². The lowest BCUT2D eigenvalue weighted by atomic mass is 10.3. The molecule has 3 rings (SSSR count). The van der Waals surface area contributed by atoms with Crippen molar-refractivity contribution in [1.29, 1.82) is 0 Å². The predicted octanol–water partition coefficient (Wildman–Crippen LogP) is 5.61. The summed E-state index contributed by atoms with van der Waals surface area (Å²) in [5, 5.41) is 5.28. The summed E-state index contributed by atoms with van der Waals surface area (Å²) in [6, 6.07) is 13.2. The quantitative estimate of drug-likeness (QED) is 0.504. The molecule has 0 aliphatic carbocycles. The van der Waals surface area contributed by atoms with E-state index in [1.807, 2.05) is 30.3 Å². The van der Waals surface area contributed by atoms with Crippen molar-refractivity contribution in [2.24, 2.45) is 0 Å². The Labute approximate surface area is 158 Å². The summed E-state index contributed by atoms with van der Waals surface area (Å²) in [5.74, 6) is 0.404. The third kappa shape index (κ3) is 4.36. The number of hydrogen-bond acceptors (Lipinski definition) is 4. The van der Waals surface area contributed by atoms with Crippen LogP contribution in [0.5, 0.6) is 5.75 Å². The van der Waals surface area contributed by atoms with Crippen LogP contribution in [0.3, 0.4) is 0 Å². The molecule has 2 aromatic carbocycles. The van der Waals surface area contributed by atoms with Crippen molar-refractivity contribution in [2.75, 3.05) is 6.61 Å². The molecule has 0 radical (unpaired) electrons. The molecule has 0 bridgehead atoms. The van der Waals surface area contributed by atoms with Gasteiger partial charge >= 0.3 is 0 Å². The molecule has 0 aliphatic heterocycles. The molecular weight excluding hydrogens is 389 g/mol. The van der Waals surface area contributed by atoms with Gasteiger partial charge in [0.25, 0.3) is 0 Å². The second-order valence-electron chi connectivity index (χ2n) is 4.77. The van der Waals surface area contributed by atoms with E-state index in [1.165, 1.54) is 6.33 Å². The Kier molecular flexibility index (Phi) is 5.89. The van der Waals surface area contributed by atoms with Crippen molar-refractivity contribution in [2.45, 2.75) is 10.3 Å². The highest BCUT2D eigenvalue weighted by Gasteiger charge is 2.17. The van der Waals surface area contributed by atoms with Crippen molar-refractivity contribution >= 4 is 46.6 Å². The molecule has 4 nitrogen and oxygen atoms in total. The maximum atomic E-state index is 6.17. The van der Waals surface area contributed by atoms with E-state index in [0.717, 1.165) is 4.90 Å². The summed E-state index contributed by atoms with van der Waals surface area (Å²) < 4.78 is 7.58. The zero-order chi connectivity index (χ0) is 16.9. The molecule has 1 heterocycles. The number of aromatic nitrogens is 3. The second-order valence-corrected chi connectivity index (χ2v) is 7.27. The van der Waals surface area contributed by atoms with Gasteiger partial charge in [-0.15, -0.1) is 0 Å². The molecule has 1 unspecified atom stereocenters. The average molecular weight is 401 g/mol. The predicted molar refractivity (Wildman–Crippen MR) is 98.3 cm³/mol. The van der Waals surface area contributed by atoms with Crippen LogP contribution in [0.1, 0.15) is 5.37 Å². The number of thioether (sulfide) groups is 1. The van der Waals surface area contributed by atoms with Crippen LogP contribution in [-0.2, 0) is 0 Å². The van der Waals surface area contributed by atoms with Crippen molar-refractivity contribution in [3.05, 3.63) is 70.2 Å². The first-order valence-electron chi connectivity index (χ1n) is 6.96. The largest absolute Gasteiger partial charge is 0.487 e. The van der Waals surface area contributed by atoms with Gasteiger partial charge in [0, 0.05) is 9.92 Å². The molecule has 24 heavy (non-hydrogen) atoms. The van der Waals surface area contributed by atoms with Crippen LogP contribution < -0.4 is 4.74 Å². The van der Waals surface area contributed by atoms with Crippen LogP contribution >= 0.6 is 46.6 Å². The highest BCUT2D eigenvalue weighted by Crippen LogP contribution is 2.37. The summed E-state index contributed by atoms with van der Waals surface area (Å²) >= 11 is 19.9. The number of ether oxygens (including phenoxy) is 1. The van der Waals surface area contributed by atoms with E-state index in [2.05, 4.69) is 10.1 Å². The third-order valence-electron chi connectivity index (χ3n) is 3.08. The van der Waals surface area contributed by atoms with Gasteiger partial charge in [-0.2, -0.15) is 5.10 Å². The first-order chi connectivity index (χ1) is 11.6. The lowest BCUT2D eigenvalue weighted by Gasteiger charge is -2.18. The molecule has 1 atom stereocenters. The molecule has 0 saturated carbocycles. The molecule has 0 fully saturated rings. The van der Waals surface area contributed by atoms with Gasteiger partial charge in [-0.25, -0.2) is 9.67 Å². The monoisotopic (exact) mass is 399 g/mol. The summed E-state index contributed by atoms with van der Waals surface area (Å²) in [5.41, 5.74) is 0. The molecule has 0 aliphatic rings. The van der Waals surface area contributed by atoms with Crippen LogP contribution in [0.2, 0.25) is 15.1 Å². The number of rotatable bonds is 6. The Morgan fingerprint density at radius 2 is 1.79 bits per heavy atom. The second kappa shape index (κ2) is 8.12. The summed E-state index contributed by atoms with van der Waals surface area (Å²) in [4.78, 5) is 5.09. The third-order valence-corrected chi connectivity index (χ3v) is 5.03. The minimum atomic E-state index is -0.127. The standard InChI is InChI=1S/C16H12Cl3N3OS/c17-11-6-13(18)16(14(19)7-11)23-8-15(22-10-20-9-21-22)24-12-4-2-1-3-5-12/h1-7,9-10,15H,8H2. The van der Waals surface area contributed by atoms with E-state index in [4.69, 9.17) is 39.5 Å². The minimum absolute atomic E-state index is 0.127. The van der Waals surface area contributed by atoms with Crippen molar-refractivity contribution in [3.8, 4) is 5.75 Å². The van der Waals surface area contributed by atoms with Gasteiger partial charge in [0.2, 0.25) is 0 Å². The van der Waals surface area contributed by atoms with Crippen molar-refractivity contribution in [3.63, 3.8) is 0 Å². The van der Waals surface area contributed by atoms with E-state index < -0.39 is 0 Å². The van der Waals surface area contributed by atoms with Gasteiger partial charge in [0.1, 0.15) is 24.6 Å². The SMILES string of the molecule is Clc1cc(Cl)c(OCC(Sc2ccccc2)n2cncn2)c(Cl)c1. The number of nitrogens with zero attached hydrogens (tertiary/aromatic N) is 3. The topological polar surface area (TPSA) is 39.9 Å². The minimum Gasteiger partial charge on any atom is -0.487 e. The molecule has 3 aromatic rings. The van der Waals surface area contributed by atoms with Crippen LogP contribution in [0.15, 0.2) is 60.0 Å². The molecule has 0 N–H and O–H groups in total. The smallest absolute Gasteiger partial charge is 0.156 e. The van der Waals surface area contributed by atoms with E-state index >= 15 is 0 Å². The van der Waals surface area contributed by atoms with Gasteiger partial charge in [-0.1, -0.05) is 64.8 Å². The van der Waals surface area contributed by atoms with Crippen molar-refractivity contribution < 1.29 is 4.74 Å². The van der Waals surface area contributed by atoms with Crippen molar-refractivity contribution in [1.82, 2.24) is 14.8 Å². The van der Waals surface area contributed by atoms with Gasteiger partial charge < -0.3 is 4.74 Å². The fourth-order valence-corrected chi connectivity index (χ4v) is 3.92. The van der Waals surface area contributed by atoms with Crippen LogP contribution in [-0.4, -0.2) is 21.4 Å².